The maximum Gasteiger partial charge on any atom is 0.222 e. The molecule has 3 heteroatoms. The SMILES string of the molecule is Cl[C]1CCCCOO1. The highest BCUT2D eigenvalue weighted by Crippen LogP contribution is 2.20. The minimum atomic E-state index is 0.475. The van der Waals surface area contributed by atoms with Crippen molar-refractivity contribution in [2.24, 2.45) is 0 Å². The van der Waals surface area contributed by atoms with E-state index in [1.54, 1.807) is 0 Å². The molecule has 0 saturated carbocycles. The van der Waals surface area contributed by atoms with Gasteiger partial charge < -0.3 is 0 Å². The summed E-state index contributed by atoms with van der Waals surface area (Å²) in [5.74, 6) is 0. The van der Waals surface area contributed by atoms with Crippen LogP contribution in [0.15, 0.2) is 0 Å². The topological polar surface area (TPSA) is 18.5 Å². The van der Waals surface area contributed by atoms with E-state index in [-0.39, 0.29) is 0 Å². The van der Waals surface area contributed by atoms with E-state index in [4.69, 9.17) is 11.6 Å². The van der Waals surface area contributed by atoms with Crippen LogP contribution < -0.4 is 0 Å². The van der Waals surface area contributed by atoms with Crippen molar-refractivity contribution >= 4 is 11.6 Å². The maximum absolute atomic E-state index is 5.49. The zero-order valence-electron chi connectivity index (χ0n) is 4.52. The monoisotopic (exact) mass is 135 g/mol. The van der Waals surface area contributed by atoms with Gasteiger partial charge in [0.15, 0.2) is 0 Å². The van der Waals surface area contributed by atoms with Gasteiger partial charge in [-0.15, -0.1) is 0 Å². The van der Waals surface area contributed by atoms with Gasteiger partial charge >= 0.3 is 0 Å². The third-order valence-corrected chi connectivity index (χ3v) is 1.25. The van der Waals surface area contributed by atoms with E-state index in [1.807, 2.05) is 0 Å². The van der Waals surface area contributed by atoms with Crippen LogP contribution in [0.1, 0.15) is 19.3 Å². The Bertz CT molecular complexity index is 59.4. The molecule has 0 aromatic heterocycles. The quantitative estimate of drug-likeness (QED) is 0.472. The molecule has 0 N–H and O–H groups in total. The molecule has 0 atom stereocenters. The van der Waals surface area contributed by atoms with Gasteiger partial charge in [-0.2, -0.15) is 0 Å². The molecule has 1 aliphatic rings. The third kappa shape index (κ3) is 1.99. The van der Waals surface area contributed by atoms with Crippen molar-refractivity contribution in [3.63, 3.8) is 0 Å². The Morgan fingerprint density at radius 3 is 3.12 bits per heavy atom. The molecule has 1 fully saturated rings. The maximum atomic E-state index is 5.49. The van der Waals surface area contributed by atoms with E-state index in [1.165, 1.54) is 0 Å². The Balaban J connectivity index is 2.17. The van der Waals surface area contributed by atoms with Gasteiger partial charge in [-0.05, 0) is 19.3 Å². The van der Waals surface area contributed by atoms with Crippen LogP contribution in [0.2, 0.25) is 0 Å². The van der Waals surface area contributed by atoms with E-state index in [0.29, 0.717) is 12.2 Å². The molecule has 1 aliphatic heterocycles. The average Bonchev–Trinajstić information content (AvgIpc) is 1.94. The van der Waals surface area contributed by atoms with E-state index in [2.05, 4.69) is 9.78 Å². The molecule has 2 nitrogen and oxygen atoms in total. The van der Waals surface area contributed by atoms with E-state index >= 15 is 0 Å². The van der Waals surface area contributed by atoms with Crippen molar-refractivity contribution < 1.29 is 9.78 Å². The summed E-state index contributed by atoms with van der Waals surface area (Å²) in [5, 5.41) is 0. The molecular weight excluding hydrogens is 128 g/mol. The molecule has 8 heavy (non-hydrogen) atoms. The first-order valence-electron chi connectivity index (χ1n) is 2.70. The van der Waals surface area contributed by atoms with Gasteiger partial charge in [-0.25, -0.2) is 9.78 Å². The van der Waals surface area contributed by atoms with Crippen LogP contribution in [0.4, 0.5) is 0 Å². The van der Waals surface area contributed by atoms with Crippen molar-refractivity contribution in [1.29, 1.82) is 0 Å². The van der Waals surface area contributed by atoms with Crippen molar-refractivity contribution in [3.05, 3.63) is 5.56 Å². The largest absolute Gasteiger partial charge is 0.235 e. The second kappa shape index (κ2) is 3.28. The summed E-state index contributed by atoms with van der Waals surface area (Å²) >= 11 is 5.49. The minimum Gasteiger partial charge on any atom is -0.235 e. The zero-order valence-corrected chi connectivity index (χ0v) is 5.28. The summed E-state index contributed by atoms with van der Waals surface area (Å²) in [5.41, 5.74) is 0.475. The second-order valence-corrected chi connectivity index (χ2v) is 2.14. The van der Waals surface area contributed by atoms with Crippen LogP contribution in [-0.2, 0) is 9.78 Å². The fourth-order valence-corrected chi connectivity index (χ4v) is 0.750. The Morgan fingerprint density at radius 2 is 2.25 bits per heavy atom. The predicted octanol–water partition coefficient (Wildman–Crippen LogP) is 1.85. The Hall–Kier alpha value is 0.210. The standard InChI is InChI=1S/C5H8ClO2/c6-5-3-1-2-4-7-8-5/h1-4H2. The van der Waals surface area contributed by atoms with Crippen LogP contribution in [0.3, 0.4) is 0 Å². The minimum absolute atomic E-state index is 0.475. The molecule has 1 heterocycles. The number of hydrogen-bond acceptors (Lipinski definition) is 2. The Labute approximate surface area is 53.7 Å². The molecular formula is C5H8ClO2. The van der Waals surface area contributed by atoms with Gasteiger partial charge in [0.2, 0.25) is 5.56 Å². The average molecular weight is 136 g/mol. The van der Waals surface area contributed by atoms with Crippen LogP contribution in [-0.4, -0.2) is 6.61 Å². The molecule has 0 bridgehead atoms. The van der Waals surface area contributed by atoms with Crippen LogP contribution in [0, 0.1) is 5.56 Å². The van der Waals surface area contributed by atoms with Crippen LogP contribution in [0.5, 0.6) is 0 Å². The summed E-state index contributed by atoms with van der Waals surface area (Å²) < 4.78 is 0. The molecule has 0 spiro atoms. The van der Waals surface area contributed by atoms with Gasteiger partial charge in [0, 0.05) is 0 Å². The molecule has 0 aromatic carbocycles. The fourth-order valence-electron chi connectivity index (χ4n) is 0.572. The Morgan fingerprint density at radius 1 is 1.38 bits per heavy atom. The molecule has 0 amide bonds. The lowest BCUT2D eigenvalue weighted by molar-refractivity contribution is -0.270. The summed E-state index contributed by atoms with van der Waals surface area (Å²) in [6, 6.07) is 0. The molecule has 1 saturated heterocycles. The highest BCUT2D eigenvalue weighted by Gasteiger charge is 2.10. The molecule has 1 rings (SSSR count). The van der Waals surface area contributed by atoms with Crippen molar-refractivity contribution in [1.82, 2.24) is 0 Å². The summed E-state index contributed by atoms with van der Waals surface area (Å²) in [7, 11) is 0. The lowest BCUT2D eigenvalue weighted by Gasteiger charge is -1.99. The van der Waals surface area contributed by atoms with Gasteiger partial charge in [-0.3, -0.25) is 0 Å². The van der Waals surface area contributed by atoms with Gasteiger partial charge in [0.05, 0.1) is 6.61 Å². The molecule has 47 valence electrons. The highest BCUT2D eigenvalue weighted by atomic mass is 35.5. The van der Waals surface area contributed by atoms with E-state index < -0.39 is 0 Å². The first kappa shape index (κ1) is 6.33. The highest BCUT2D eigenvalue weighted by molar-refractivity contribution is 6.25. The van der Waals surface area contributed by atoms with Crippen LogP contribution in [0.25, 0.3) is 0 Å². The second-order valence-electron chi connectivity index (χ2n) is 1.72. The molecule has 0 aromatic rings. The number of hydrogen-bond donors (Lipinski definition) is 0. The number of rotatable bonds is 0. The summed E-state index contributed by atoms with van der Waals surface area (Å²) in [6.45, 7) is 0.663. The smallest absolute Gasteiger partial charge is 0.222 e. The van der Waals surface area contributed by atoms with Crippen LogP contribution >= 0.6 is 11.6 Å². The summed E-state index contributed by atoms with van der Waals surface area (Å²) in [6.07, 6.45) is 2.93. The fraction of sp³-hybridized carbons (Fsp3) is 0.800. The zero-order chi connectivity index (χ0) is 5.82. The predicted molar refractivity (Wildman–Crippen MR) is 30.0 cm³/mol. The third-order valence-electron chi connectivity index (χ3n) is 1.00. The lowest BCUT2D eigenvalue weighted by atomic mass is 10.2. The van der Waals surface area contributed by atoms with Gasteiger partial charge in [-0.1, -0.05) is 11.6 Å². The van der Waals surface area contributed by atoms with E-state index in [0.717, 1.165) is 19.3 Å². The molecule has 1 radical (unpaired) electrons. The van der Waals surface area contributed by atoms with Gasteiger partial charge in [0.1, 0.15) is 0 Å². The molecule has 0 unspecified atom stereocenters. The normalized spacial score (nSPS) is 25.1. The van der Waals surface area contributed by atoms with Crippen molar-refractivity contribution in [2.75, 3.05) is 6.61 Å². The first-order valence-corrected chi connectivity index (χ1v) is 3.08. The lowest BCUT2D eigenvalue weighted by Crippen LogP contribution is -1.92. The summed E-state index contributed by atoms with van der Waals surface area (Å²) in [4.78, 5) is 9.22. The van der Waals surface area contributed by atoms with Gasteiger partial charge in [0.25, 0.3) is 0 Å². The van der Waals surface area contributed by atoms with Crippen molar-refractivity contribution in [2.45, 2.75) is 19.3 Å². The van der Waals surface area contributed by atoms with E-state index in [9.17, 15) is 0 Å². The molecule has 0 aliphatic carbocycles. The Kier molecular flexibility index (Phi) is 2.59. The number of halogens is 1. The first-order chi connectivity index (χ1) is 3.89. The van der Waals surface area contributed by atoms with Crippen molar-refractivity contribution in [3.8, 4) is 0 Å².